The Morgan fingerprint density at radius 3 is 2.50 bits per heavy atom. The van der Waals surface area contributed by atoms with Crippen molar-refractivity contribution < 1.29 is 19.1 Å². The number of nitrogens with zero attached hydrogens (tertiary/aromatic N) is 1. The van der Waals surface area contributed by atoms with Crippen LogP contribution in [0, 0.1) is 0 Å². The normalized spacial score (nSPS) is 14.6. The van der Waals surface area contributed by atoms with Gasteiger partial charge in [-0.15, -0.1) is 0 Å². The summed E-state index contributed by atoms with van der Waals surface area (Å²) in [4.78, 5) is 27.0. The minimum absolute atomic E-state index is 0.312. The molecule has 5 nitrogen and oxygen atoms in total. The maximum Gasteiger partial charge on any atom is 0.298 e. The topological polar surface area (TPSA) is 55.8 Å². The summed E-state index contributed by atoms with van der Waals surface area (Å²) in [5.74, 6) is 0.760. The Balaban J connectivity index is 1.39. The van der Waals surface area contributed by atoms with Gasteiger partial charge in [0.2, 0.25) is 0 Å². The second kappa shape index (κ2) is 10.5. The number of ether oxygens (including phenoxy) is 2. The van der Waals surface area contributed by atoms with E-state index < -0.39 is 5.91 Å². The molecule has 36 heavy (non-hydrogen) atoms. The molecule has 0 atom stereocenters. The van der Waals surface area contributed by atoms with E-state index in [2.05, 4.69) is 18.2 Å². The van der Waals surface area contributed by atoms with Crippen LogP contribution < -0.4 is 14.4 Å². The molecule has 0 bridgehead atoms. The van der Waals surface area contributed by atoms with Crippen LogP contribution in [0.15, 0.2) is 89.8 Å². The summed E-state index contributed by atoms with van der Waals surface area (Å²) in [5.41, 5.74) is 2.17. The lowest BCUT2D eigenvalue weighted by atomic mass is 10.1. The summed E-state index contributed by atoms with van der Waals surface area (Å²) in [7, 11) is 0. The molecule has 0 N–H and O–H groups in total. The van der Waals surface area contributed by atoms with Gasteiger partial charge in [0, 0.05) is 0 Å². The zero-order valence-corrected chi connectivity index (χ0v) is 21.0. The second-order valence-electron chi connectivity index (χ2n) is 8.03. The van der Waals surface area contributed by atoms with Gasteiger partial charge in [0.1, 0.15) is 6.61 Å². The van der Waals surface area contributed by atoms with Gasteiger partial charge in [-0.05, 0) is 70.9 Å². The Hall–Kier alpha value is -3.74. The molecule has 1 fully saturated rings. The van der Waals surface area contributed by atoms with Gasteiger partial charge in [-0.3, -0.25) is 9.59 Å². The van der Waals surface area contributed by atoms with Gasteiger partial charge in [0.05, 0.1) is 22.2 Å². The molecule has 0 radical (unpaired) electrons. The van der Waals surface area contributed by atoms with Crippen LogP contribution in [0.5, 0.6) is 11.5 Å². The standard InChI is InChI=1S/C29H22ClNO4S/c1-2-34-26-16-19(17-27-28(32)31(29(33)36-27)24-13-6-5-12-23(24)30)14-15-25(26)35-18-21-10-7-9-20-8-3-4-11-22(20)21/h3-17H,2,18H2,1H3/b27-17-. The molecule has 5 rings (SSSR count). The van der Waals surface area contributed by atoms with Gasteiger partial charge in [-0.1, -0.05) is 72.3 Å². The van der Waals surface area contributed by atoms with Gasteiger partial charge < -0.3 is 9.47 Å². The lowest BCUT2D eigenvalue weighted by molar-refractivity contribution is -0.113. The van der Waals surface area contributed by atoms with Crippen molar-refractivity contribution >= 4 is 57.0 Å². The summed E-state index contributed by atoms with van der Waals surface area (Å²) < 4.78 is 12.0. The molecule has 0 unspecified atom stereocenters. The molecular formula is C29H22ClNO4S. The van der Waals surface area contributed by atoms with Crippen molar-refractivity contribution in [1.29, 1.82) is 0 Å². The van der Waals surface area contributed by atoms with Crippen LogP contribution in [0.4, 0.5) is 10.5 Å². The average Bonchev–Trinajstić information content (AvgIpc) is 3.16. The molecule has 7 heteroatoms. The summed E-state index contributed by atoms with van der Waals surface area (Å²) in [5, 5.41) is 2.25. The van der Waals surface area contributed by atoms with E-state index in [9.17, 15) is 9.59 Å². The van der Waals surface area contributed by atoms with Gasteiger partial charge in [-0.2, -0.15) is 0 Å². The van der Waals surface area contributed by atoms with E-state index in [0.717, 1.165) is 38.6 Å². The van der Waals surface area contributed by atoms with Crippen molar-refractivity contribution in [2.75, 3.05) is 11.5 Å². The first-order chi connectivity index (χ1) is 17.5. The smallest absolute Gasteiger partial charge is 0.298 e. The number of halogens is 1. The number of imide groups is 1. The number of anilines is 1. The molecule has 4 aromatic rings. The molecule has 1 heterocycles. The lowest BCUT2D eigenvalue weighted by Gasteiger charge is -2.14. The molecule has 2 amide bonds. The van der Waals surface area contributed by atoms with E-state index in [1.165, 1.54) is 0 Å². The molecule has 180 valence electrons. The van der Waals surface area contributed by atoms with Gasteiger partial charge in [0.25, 0.3) is 11.1 Å². The summed E-state index contributed by atoms with van der Waals surface area (Å²) in [6.07, 6.45) is 1.68. The third kappa shape index (κ3) is 4.83. The molecular weight excluding hydrogens is 494 g/mol. The SMILES string of the molecule is CCOc1cc(/C=C2\SC(=O)N(c3ccccc3Cl)C2=O)ccc1OCc1cccc2ccccc12. The highest BCUT2D eigenvalue weighted by molar-refractivity contribution is 8.19. The number of hydrogen-bond acceptors (Lipinski definition) is 5. The molecule has 1 aliphatic rings. The molecule has 0 saturated carbocycles. The maximum atomic E-state index is 13.0. The van der Waals surface area contributed by atoms with E-state index in [4.69, 9.17) is 21.1 Å². The Kier molecular flexibility index (Phi) is 6.98. The van der Waals surface area contributed by atoms with Gasteiger partial charge in [0.15, 0.2) is 11.5 Å². The first-order valence-electron chi connectivity index (χ1n) is 11.4. The van der Waals surface area contributed by atoms with E-state index in [1.807, 2.05) is 49.4 Å². The first-order valence-corrected chi connectivity index (χ1v) is 12.6. The van der Waals surface area contributed by atoms with Crippen molar-refractivity contribution in [1.82, 2.24) is 0 Å². The number of amides is 2. The summed E-state index contributed by atoms with van der Waals surface area (Å²) >= 11 is 7.10. The van der Waals surface area contributed by atoms with Crippen molar-refractivity contribution in [3.8, 4) is 11.5 Å². The summed E-state index contributed by atoms with van der Waals surface area (Å²) in [6, 6.07) is 26.6. The molecule has 1 saturated heterocycles. The van der Waals surface area contributed by atoms with Crippen LogP contribution in [-0.2, 0) is 11.4 Å². The van der Waals surface area contributed by atoms with Gasteiger partial charge in [-0.25, -0.2) is 4.90 Å². The van der Waals surface area contributed by atoms with E-state index in [1.54, 1.807) is 30.3 Å². The molecule has 0 aromatic heterocycles. The highest BCUT2D eigenvalue weighted by Crippen LogP contribution is 2.39. The fourth-order valence-electron chi connectivity index (χ4n) is 4.04. The molecule has 4 aromatic carbocycles. The third-order valence-electron chi connectivity index (χ3n) is 5.72. The Bertz CT molecular complexity index is 1490. The molecule has 0 aliphatic carbocycles. The highest BCUT2D eigenvalue weighted by Gasteiger charge is 2.37. The quantitative estimate of drug-likeness (QED) is 0.236. The number of carbonyl (C=O) groups excluding carboxylic acids is 2. The molecule has 1 aliphatic heterocycles. The number of hydrogen-bond donors (Lipinski definition) is 0. The van der Waals surface area contributed by atoms with Crippen LogP contribution in [-0.4, -0.2) is 17.8 Å². The van der Waals surface area contributed by atoms with E-state index in [-0.39, 0.29) is 5.24 Å². The fraction of sp³-hybridized carbons (Fsp3) is 0.103. The van der Waals surface area contributed by atoms with Gasteiger partial charge >= 0.3 is 0 Å². The average molecular weight is 516 g/mol. The van der Waals surface area contributed by atoms with Crippen LogP contribution in [0.3, 0.4) is 0 Å². The van der Waals surface area contributed by atoms with E-state index in [0.29, 0.717) is 40.3 Å². The number of para-hydroxylation sites is 1. The van der Waals surface area contributed by atoms with Crippen LogP contribution in [0.2, 0.25) is 5.02 Å². The second-order valence-corrected chi connectivity index (χ2v) is 9.44. The zero-order valence-electron chi connectivity index (χ0n) is 19.4. The van der Waals surface area contributed by atoms with E-state index >= 15 is 0 Å². The van der Waals surface area contributed by atoms with Crippen molar-refractivity contribution in [2.45, 2.75) is 13.5 Å². The van der Waals surface area contributed by atoms with Crippen LogP contribution in [0.1, 0.15) is 18.1 Å². The van der Waals surface area contributed by atoms with Crippen molar-refractivity contribution in [3.05, 3.63) is 106 Å². The predicted octanol–water partition coefficient (Wildman–Crippen LogP) is 7.71. The number of rotatable bonds is 7. The lowest BCUT2D eigenvalue weighted by Crippen LogP contribution is -2.27. The Morgan fingerprint density at radius 2 is 1.67 bits per heavy atom. The zero-order chi connectivity index (χ0) is 25.1. The highest BCUT2D eigenvalue weighted by atomic mass is 35.5. The summed E-state index contributed by atoms with van der Waals surface area (Å²) in [6.45, 7) is 2.74. The fourth-order valence-corrected chi connectivity index (χ4v) is 5.09. The number of fused-ring (bicyclic) bond motifs is 1. The first kappa shape index (κ1) is 24.0. The Labute approximate surface area is 218 Å². The predicted molar refractivity (Wildman–Crippen MR) is 146 cm³/mol. The largest absolute Gasteiger partial charge is 0.490 e. The van der Waals surface area contributed by atoms with Crippen molar-refractivity contribution in [2.24, 2.45) is 0 Å². The minimum atomic E-state index is -0.410. The third-order valence-corrected chi connectivity index (χ3v) is 6.90. The number of benzene rings is 4. The Morgan fingerprint density at radius 1 is 0.889 bits per heavy atom. The maximum absolute atomic E-state index is 13.0. The van der Waals surface area contributed by atoms with Crippen LogP contribution >= 0.6 is 23.4 Å². The number of thioether (sulfide) groups is 1. The number of carbonyl (C=O) groups is 2. The molecule has 0 spiro atoms. The monoisotopic (exact) mass is 515 g/mol. The van der Waals surface area contributed by atoms with Crippen LogP contribution in [0.25, 0.3) is 16.8 Å². The van der Waals surface area contributed by atoms with Crippen molar-refractivity contribution in [3.63, 3.8) is 0 Å². The minimum Gasteiger partial charge on any atom is -0.490 e.